The molecule has 5 heteroatoms. The zero-order valence-corrected chi connectivity index (χ0v) is 10.7. The average Bonchev–Trinajstić information content (AvgIpc) is 2.84. The fraction of sp³-hybridized carbons (Fsp3) is 0.133. The number of phenolic OH excluding ortho intramolecular Hbond substituents is 2. The first-order chi connectivity index (χ1) is 9.54. The SMILES string of the molecule is Nc1ccc2c(c1)CN(C(=O)c1ccc(O)c(O)c1)C2. The standard InChI is InChI=1S/C15H14N2O3/c16-12-3-1-10-7-17(8-11(10)5-12)15(20)9-2-4-13(18)14(19)6-9/h1-6,18-19H,7-8,16H2. The summed E-state index contributed by atoms with van der Waals surface area (Å²) in [6, 6.07) is 9.69. The van der Waals surface area contributed by atoms with Gasteiger partial charge in [0.1, 0.15) is 0 Å². The minimum Gasteiger partial charge on any atom is -0.504 e. The van der Waals surface area contributed by atoms with E-state index in [4.69, 9.17) is 5.73 Å². The first-order valence-corrected chi connectivity index (χ1v) is 6.23. The number of phenols is 2. The van der Waals surface area contributed by atoms with Crippen LogP contribution < -0.4 is 5.73 Å². The number of hydrogen-bond acceptors (Lipinski definition) is 4. The summed E-state index contributed by atoms with van der Waals surface area (Å²) < 4.78 is 0. The molecule has 0 unspecified atom stereocenters. The van der Waals surface area contributed by atoms with Gasteiger partial charge >= 0.3 is 0 Å². The van der Waals surface area contributed by atoms with Crippen LogP contribution in [0, 0.1) is 0 Å². The summed E-state index contributed by atoms with van der Waals surface area (Å²) in [5.74, 6) is -0.717. The molecule has 102 valence electrons. The zero-order chi connectivity index (χ0) is 14.3. The second-order valence-corrected chi connectivity index (χ2v) is 4.89. The van der Waals surface area contributed by atoms with Gasteiger partial charge in [0.2, 0.25) is 0 Å². The van der Waals surface area contributed by atoms with Crippen LogP contribution in [0.1, 0.15) is 21.5 Å². The van der Waals surface area contributed by atoms with Gasteiger partial charge in [-0.3, -0.25) is 4.79 Å². The fourth-order valence-electron chi connectivity index (χ4n) is 2.40. The lowest BCUT2D eigenvalue weighted by atomic mass is 10.1. The van der Waals surface area contributed by atoms with Gasteiger partial charge in [-0.2, -0.15) is 0 Å². The molecule has 2 aromatic carbocycles. The maximum Gasteiger partial charge on any atom is 0.254 e. The van der Waals surface area contributed by atoms with Gasteiger partial charge in [0.05, 0.1) is 0 Å². The Morgan fingerprint density at radius 2 is 1.75 bits per heavy atom. The Kier molecular flexibility index (Phi) is 2.75. The Hall–Kier alpha value is -2.69. The summed E-state index contributed by atoms with van der Waals surface area (Å²) in [4.78, 5) is 14.0. The second-order valence-electron chi connectivity index (χ2n) is 4.89. The highest BCUT2D eigenvalue weighted by Crippen LogP contribution is 2.29. The highest BCUT2D eigenvalue weighted by molar-refractivity contribution is 5.95. The highest BCUT2D eigenvalue weighted by atomic mass is 16.3. The van der Waals surface area contributed by atoms with Crippen LogP contribution in [0.25, 0.3) is 0 Å². The number of nitrogen functional groups attached to an aromatic ring is 1. The van der Waals surface area contributed by atoms with E-state index in [-0.39, 0.29) is 17.4 Å². The van der Waals surface area contributed by atoms with Crippen molar-refractivity contribution in [3.63, 3.8) is 0 Å². The molecule has 1 heterocycles. The lowest BCUT2D eigenvalue weighted by Crippen LogP contribution is -2.25. The van der Waals surface area contributed by atoms with Crippen molar-refractivity contribution in [2.45, 2.75) is 13.1 Å². The fourth-order valence-corrected chi connectivity index (χ4v) is 2.40. The molecule has 0 atom stereocenters. The molecular weight excluding hydrogens is 256 g/mol. The van der Waals surface area contributed by atoms with Crippen LogP contribution in [0.2, 0.25) is 0 Å². The van der Waals surface area contributed by atoms with E-state index >= 15 is 0 Å². The molecule has 1 aliphatic rings. The summed E-state index contributed by atoms with van der Waals surface area (Å²) in [6.45, 7) is 1.02. The van der Waals surface area contributed by atoms with Crippen LogP contribution in [0.3, 0.4) is 0 Å². The molecule has 0 aromatic heterocycles. The van der Waals surface area contributed by atoms with E-state index in [0.717, 1.165) is 11.1 Å². The number of nitrogens with zero attached hydrogens (tertiary/aromatic N) is 1. The normalized spacial score (nSPS) is 13.3. The molecular formula is C15H14N2O3. The lowest BCUT2D eigenvalue weighted by molar-refractivity contribution is 0.0751. The summed E-state index contributed by atoms with van der Waals surface area (Å²) >= 11 is 0. The van der Waals surface area contributed by atoms with Crippen LogP contribution >= 0.6 is 0 Å². The Labute approximate surface area is 115 Å². The largest absolute Gasteiger partial charge is 0.504 e. The summed E-state index contributed by atoms with van der Waals surface area (Å²) in [6.07, 6.45) is 0. The first-order valence-electron chi connectivity index (χ1n) is 6.23. The Balaban J connectivity index is 1.85. The molecule has 0 aliphatic carbocycles. The molecule has 4 N–H and O–H groups in total. The van der Waals surface area contributed by atoms with Gasteiger partial charge in [-0.05, 0) is 41.5 Å². The second kappa shape index (κ2) is 4.45. The van der Waals surface area contributed by atoms with Crippen molar-refractivity contribution < 1.29 is 15.0 Å². The molecule has 1 aliphatic heterocycles. The van der Waals surface area contributed by atoms with E-state index in [0.29, 0.717) is 24.3 Å². The minimum absolute atomic E-state index is 0.185. The molecule has 0 saturated heterocycles. The number of hydrogen-bond donors (Lipinski definition) is 3. The third-order valence-corrected chi connectivity index (χ3v) is 3.46. The van der Waals surface area contributed by atoms with Crippen molar-refractivity contribution in [1.82, 2.24) is 4.90 Å². The number of aromatic hydroxyl groups is 2. The smallest absolute Gasteiger partial charge is 0.254 e. The van der Waals surface area contributed by atoms with Crippen LogP contribution in [-0.4, -0.2) is 21.0 Å². The number of benzene rings is 2. The van der Waals surface area contributed by atoms with Gasteiger partial charge in [-0.1, -0.05) is 6.07 Å². The van der Waals surface area contributed by atoms with E-state index in [2.05, 4.69) is 0 Å². The van der Waals surface area contributed by atoms with Gasteiger partial charge in [0.15, 0.2) is 11.5 Å². The lowest BCUT2D eigenvalue weighted by Gasteiger charge is -2.15. The van der Waals surface area contributed by atoms with Crippen molar-refractivity contribution in [2.24, 2.45) is 0 Å². The van der Waals surface area contributed by atoms with Gasteiger partial charge < -0.3 is 20.8 Å². The number of carbonyl (C=O) groups is 1. The minimum atomic E-state index is -0.295. The summed E-state index contributed by atoms with van der Waals surface area (Å²) in [5, 5.41) is 18.7. The van der Waals surface area contributed by atoms with E-state index in [1.807, 2.05) is 18.2 Å². The molecule has 20 heavy (non-hydrogen) atoms. The maximum atomic E-state index is 12.4. The predicted octanol–water partition coefficient (Wildman–Crippen LogP) is 1.84. The molecule has 0 fully saturated rings. The van der Waals surface area contributed by atoms with Gasteiger partial charge in [-0.15, -0.1) is 0 Å². The number of fused-ring (bicyclic) bond motifs is 1. The quantitative estimate of drug-likeness (QED) is 0.545. The topological polar surface area (TPSA) is 86.8 Å². The van der Waals surface area contributed by atoms with Crippen molar-refractivity contribution in [3.05, 3.63) is 53.1 Å². The van der Waals surface area contributed by atoms with Crippen LogP contribution in [0.15, 0.2) is 36.4 Å². The monoisotopic (exact) mass is 270 g/mol. The van der Waals surface area contributed by atoms with Crippen LogP contribution in [0.4, 0.5) is 5.69 Å². The third kappa shape index (κ3) is 2.03. The number of nitrogens with two attached hydrogens (primary N) is 1. The predicted molar refractivity (Wildman–Crippen MR) is 74.2 cm³/mol. The van der Waals surface area contributed by atoms with E-state index in [1.54, 1.807) is 4.90 Å². The number of rotatable bonds is 1. The Morgan fingerprint density at radius 3 is 2.50 bits per heavy atom. The van der Waals surface area contributed by atoms with Gasteiger partial charge in [0.25, 0.3) is 5.91 Å². The molecule has 0 spiro atoms. The van der Waals surface area contributed by atoms with Crippen molar-refractivity contribution in [2.75, 3.05) is 5.73 Å². The van der Waals surface area contributed by atoms with Crippen molar-refractivity contribution in [3.8, 4) is 11.5 Å². The van der Waals surface area contributed by atoms with Crippen molar-refractivity contribution in [1.29, 1.82) is 0 Å². The van der Waals surface area contributed by atoms with Crippen LogP contribution in [0.5, 0.6) is 11.5 Å². The van der Waals surface area contributed by atoms with Crippen molar-refractivity contribution >= 4 is 11.6 Å². The molecule has 1 amide bonds. The van der Waals surface area contributed by atoms with E-state index < -0.39 is 0 Å². The summed E-state index contributed by atoms with van der Waals surface area (Å²) in [7, 11) is 0. The van der Waals surface area contributed by atoms with E-state index in [9.17, 15) is 15.0 Å². The molecule has 2 aromatic rings. The number of carbonyl (C=O) groups excluding carboxylic acids is 1. The average molecular weight is 270 g/mol. The molecule has 0 radical (unpaired) electrons. The zero-order valence-electron chi connectivity index (χ0n) is 10.7. The highest BCUT2D eigenvalue weighted by Gasteiger charge is 2.24. The Morgan fingerprint density at radius 1 is 1.00 bits per heavy atom. The van der Waals surface area contributed by atoms with Gasteiger partial charge in [-0.25, -0.2) is 0 Å². The number of amides is 1. The summed E-state index contributed by atoms with van der Waals surface area (Å²) in [5.41, 5.74) is 8.89. The third-order valence-electron chi connectivity index (χ3n) is 3.46. The molecule has 3 rings (SSSR count). The van der Waals surface area contributed by atoms with Crippen LogP contribution in [-0.2, 0) is 13.1 Å². The van der Waals surface area contributed by atoms with E-state index in [1.165, 1.54) is 18.2 Å². The molecule has 0 bridgehead atoms. The van der Waals surface area contributed by atoms with Gasteiger partial charge in [0, 0.05) is 24.3 Å². The maximum absolute atomic E-state index is 12.4. The Bertz CT molecular complexity index is 698. The first kappa shape index (κ1) is 12.3. The number of anilines is 1. The molecule has 0 saturated carbocycles. The molecule has 5 nitrogen and oxygen atoms in total.